The molecule has 1 aliphatic heterocycles. The minimum Gasteiger partial charge on any atom is -0.373 e. The molecule has 3 heterocycles. The molecule has 6 heteroatoms. The molecule has 0 aliphatic carbocycles. The van der Waals surface area contributed by atoms with Crippen molar-refractivity contribution in [3.8, 4) is 0 Å². The fourth-order valence-corrected chi connectivity index (χ4v) is 2.48. The van der Waals surface area contributed by atoms with Crippen LogP contribution in [0.4, 0.5) is 11.6 Å². The van der Waals surface area contributed by atoms with Crippen molar-refractivity contribution in [3.63, 3.8) is 0 Å². The van der Waals surface area contributed by atoms with E-state index >= 15 is 0 Å². The number of rotatable bonds is 4. The van der Waals surface area contributed by atoms with Crippen LogP contribution in [0.5, 0.6) is 0 Å². The highest BCUT2D eigenvalue weighted by atomic mass is 15.3. The Morgan fingerprint density at radius 3 is 3.00 bits per heavy atom. The van der Waals surface area contributed by atoms with Crippen LogP contribution >= 0.6 is 0 Å². The van der Waals surface area contributed by atoms with E-state index in [2.05, 4.69) is 36.7 Å². The molecule has 0 bridgehead atoms. The maximum atomic E-state index is 4.69. The van der Waals surface area contributed by atoms with Crippen LogP contribution in [0.2, 0.25) is 0 Å². The quantitative estimate of drug-likeness (QED) is 0.917. The predicted molar refractivity (Wildman–Crippen MR) is 78.9 cm³/mol. The lowest BCUT2D eigenvalue weighted by atomic mass is 10.3. The Balaban J connectivity index is 1.88. The standard InChI is InChI=1S/C14H20N6/c1-3-4-11-17-12(15-2)9-13(18-11)20-8-7-19-6-5-16-14(19)10-20/h5-6,9H,3-4,7-8,10H2,1-2H3,(H,15,17,18). The highest BCUT2D eigenvalue weighted by molar-refractivity contribution is 5.49. The third kappa shape index (κ3) is 2.45. The molecule has 0 saturated carbocycles. The molecule has 0 radical (unpaired) electrons. The van der Waals surface area contributed by atoms with Crippen LogP contribution in [0.25, 0.3) is 0 Å². The second kappa shape index (κ2) is 5.48. The normalized spacial score (nSPS) is 14.2. The molecule has 0 unspecified atom stereocenters. The molecule has 0 amide bonds. The summed E-state index contributed by atoms with van der Waals surface area (Å²) in [5, 5.41) is 3.12. The van der Waals surface area contributed by atoms with E-state index in [-0.39, 0.29) is 0 Å². The van der Waals surface area contributed by atoms with Gasteiger partial charge in [-0.1, -0.05) is 6.92 Å². The number of aryl methyl sites for hydroxylation is 1. The summed E-state index contributed by atoms with van der Waals surface area (Å²) in [4.78, 5) is 15.9. The topological polar surface area (TPSA) is 58.9 Å². The molecule has 0 saturated heterocycles. The van der Waals surface area contributed by atoms with Gasteiger partial charge in [0, 0.05) is 45.0 Å². The Kier molecular flexibility index (Phi) is 3.54. The third-order valence-corrected chi connectivity index (χ3v) is 3.56. The van der Waals surface area contributed by atoms with Crippen LogP contribution in [-0.2, 0) is 19.5 Å². The number of aromatic nitrogens is 4. The van der Waals surface area contributed by atoms with Gasteiger partial charge in [0.25, 0.3) is 0 Å². The molecule has 0 spiro atoms. The summed E-state index contributed by atoms with van der Waals surface area (Å²) in [5.41, 5.74) is 0. The summed E-state index contributed by atoms with van der Waals surface area (Å²) in [7, 11) is 1.89. The van der Waals surface area contributed by atoms with Gasteiger partial charge in [-0.3, -0.25) is 0 Å². The van der Waals surface area contributed by atoms with Gasteiger partial charge in [-0.15, -0.1) is 0 Å². The number of nitrogens with zero attached hydrogens (tertiary/aromatic N) is 5. The van der Waals surface area contributed by atoms with Crippen molar-refractivity contribution in [1.82, 2.24) is 19.5 Å². The van der Waals surface area contributed by atoms with E-state index < -0.39 is 0 Å². The molecule has 20 heavy (non-hydrogen) atoms. The minimum atomic E-state index is 0.804. The zero-order valence-electron chi connectivity index (χ0n) is 12.0. The van der Waals surface area contributed by atoms with Crippen molar-refractivity contribution in [2.75, 3.05) is 23.8 Å². The van der Waals surface area contributed by atoms with Gasteiger partial charge in [-0.05, 0) is 6.42 Å². The number of anilines is 2. The second-order valence-electron chi connectivity index (χ2n) is 4.99. The molecule has 2 aromatic heterocycles. The minimum absolute atomic E-state index is 0.804. The van der Waals surface area contributed by atoms with Crippen molar-refractivity contribution in [2.24, 2.45) is 0 Å². The number of imidazole rings is 1. The predicted octanol–water partition coefficient (Wildman–Crippen LogP) is 1.69. The van der Waals surface area contributed by atoms with Crippen LogP contribution < -0.4 is 10.2 Å². The Labute approximate surface area is 118 Å². The van der Waals surface area contributed by atoms with Gasteiger partial charge in [0.05, 0.1) is 6.54 Å². The van der Waals surface area contributed by atoms with Crippen molar-refractivity contribution < 1.29 is 0 Å². The van der Waals surface area contributed by atoms with Crippen LogP contribution in [-0.4, -0.2) is 33.1 Å². The van der Waals surface area contributed by atoms with Crippen LogP contribution in [0.15, 0.2) is 18.5 Å². The van der Waals surface area contributed by atoms with Gasteiger partial charge in [-0.2, -0.15) is 0 Å². The van der Waals surface area contributed by atoms with E-state index in [1.165, 1.54) is 0 Å². The van der Waals surface area contributed by atoms with Crippen LogP contribution in [0, 0.1) is 0 Å². The molecule has 2 aromatic rings. The van der Waals surface area contributed by atoms with E-state index in [4.69, 9.17) is 0 Å². The first-order valence-corrected chi connectivity index (χ1v) is 7.11. The fourth-order valence-electron chi connectivity index (χ4n) is 2.48. The molecule has 0 atom stereocenters. The van der Waals surface area contributed by atoms with Gasteiger partial charge < -0.3 is 14.8 Å². The molecule has 1 N–H and O–H groups in total. The smallest absolute Gasteiger partial charge is 0.134 e. The van der Waals surface area contributed by atoms with Crippen molar-refractivity contribution in [3.05, 3.63) is 30.1 Å². The summed E-state index contributed by atoms with van der Waals surface area (Å²) in [6.45, 7) is 4.86. The summed E-state index contributed by atoms with van der Waals surface area (Å²) in [6.07, 6.45) is 5.86. The lowest BCUT2D eigenvalue weighted by Crippen LogP contribution is -2.34. The van der Waals surface area contributed by atoms with Gasteiger partial charge in [0.2, 0.25) is 0 Å². The lowest BCUT2D eigenvalue weighted by Gasteiger charge is -2.29. The lowest BCUT2D eigenvalue weighted by molar-refractivity contribution is 0.555. The van der Waals surface area contributed by atoms with Crippen molar-refractivity contribution in [2.45, 2.75) is 32.9 Å². The van der Waals surface area contributed by atoms with Crippen LogP contribution in [0.1, 0.15) is 25.0 Å². The van der Waals surface area contributed by atoms with E-state index in [0.717, 1.165) is 55.8 Å². The molecular formula is C14H20N6. The van der Waals surface area contributed by atoms with Gasteiger partial charge in [0.15, 0.2) is 0 Å². The first kappa shape index (κ1) is 12.9. The Morgan fingerprint density at radius 2 is 2.20 bits per heavy atom. The molecule has 0 aromatic carbocycles. The summed E-state index contributed by atoms with van der Waals surface area (Å²) in [5.74, 6) is 3.87. The van der Waals surface area contributed by atoms with Crippen molar-refractivity contribution >= 4 is 11.6 Å². The highest BCUT2D eigenvalue weighted by Gasteiger charge is 2.19. The maximum absolute atomic E-state index is 4.69. The zero-order chi connectivity index (χ0) is 13.9. The molecular weight excluding hydrogens is 252 g/mol. The first-order chi connectivity index (χ1) is 9.80. The summed E-state index contributed by atoms with van der Waals surface area (Å²) < 4.78 is 2.20. The average Bonchev–Trinajstić information content (AvgIpc) is 2.94. The fraction of sp³-hybridized carbons (Fsp3) is 0.500. The summed E-state index contributed by atoms with van der Waals surface area (Å²) >= 11 is 0. The Morgan fingerprint density at radius 1 is 1.30 bits per heavy atom. The largest absolute Gasteiger partial charge is 0.373 e. The second-order valence-corrected chi connectivity index (χ2v) is 4.99. The maximum Gasteiger partial charge on any atom is 0.134 e. The molecule has 1 aliphatic rings. The van der Waals surface area contributed by atoms with Gasteiger partial charge in [0.1, 0.15) is 23.3 Å². The first-order valence-electron chi connectivity index (χ1n) is 7.11. The van der Waals surface area contributed by atoms with E-state index in [9.17, 15) is 0 Å². The molecule has 6 nitrogen and oxygen atoms in total. The Hall–Kier alpha value is -2.11. The zero-order valence-corrected chi connectivity index (χ0v) is 12.0. The molecule has 106 valence electrons. The highest BCUT2D eigenvalue weighted by Crippen LogP contribution is 2.21. The van der Waals surface area contributed by atoms with Crippen LogP contribution in [0.3, 0.4) is 0 Å². The monoisotopic (exact) mass is 272 g/mol. The van der Waals surface area contributed by atoms with E-state index in [0.29, 0.717) is 0 Å². The number of hydrogen-bond acceptors (Lipinski definition) is 5. The third-order valence-electron chi connectivity index (χ3n) is 3.56. The SMILES string of the molecule is CCCc1nc(NC)cc(N2CCn3ccnc3C2)n1. The number of nitrogens with one attached hydrogen (secondary N) is 1. The number of hydrogen-bond donors (Lipinski definition) is 1. The summed E-state index contributed by atoms with van der Waals surface area (Å²) in [6, 6.07) is 2.01. The molecule has 3 rings (SSSR count). The average molecular weight is 272 g/mol. The van der Waals surface area contributed by atoms with Gasteiger partial charge >= 0.3 is 0 Å². The van der Waals surface area contributed by atoms with Crippen molar-refractivity contribution in [1.29, 1.82) is 0 Å². The number of fused-ring (bicyclic) bond motifs is 1. The van der Waals surface area contributed by atoms with E-state index in [1.54, 1.807) is 0 Å². The van der Waals surface area contributed by atoms with E-state index in [1.807, 2.05) is 25.5 Å². The Bertz CT molecular complexity index is 591. The van der Waals surface area contributed by atoms with Gasteiger partial charge in [-0.25, -0.2) is 15.0 Å². The molecule has 0 fully saturated rings.